The summed E-state index contributed by atoms with van der Waals surface area (Å²) in [5.41, 5.74) is 5.17. The van der Waals surface area contributed by atoms with E-state index in [4.69, 9.17) is 0 Å². The van der Waals surface area contributed by atoms with E-state index < -0.39 is 0 Å². The number of rotatable bonds is 1. The number of hydrogen-bond donors (Lipinski definition) is 0. The molecule has 0 spiro atoms. The van der Waals surface area contributed by atoms with Gasteiger partial charge >= 0.3 is 0 Å². The highest BCUT2D eigenvalue weighted by Gasteiger charge is 2.39. The van der Waals surface area contributed by atoms with E-state index in [1.54, 1.807) is 11.1 Å². The summed E-state index contributed by atoms with van der Waals surface area (Å²) in [5, 5.41) is 0. The predicted molar refractivity (Wildman–Crippen MR) is 66.7 cm³/mol. The van der Waals surface area contributed by atoms with Crippen LogP contribution >= 0.6 is 0 Å². The molecule has 2 aliphatic carbocycles. The fourth-order valence-electron chi connectivity index (χ4n) is 3.50. The first-order valence-electron chi connectivity index (χ1n) is 6.28. The van der Waals surface area contributed by atoms with E-state index in [1.807, 2.05) is 0 Å². The number of fused-ring (bicyclic) bond motifs is 1. The molecular weight excluding hydrogens is 180 g/mol. The first-order valence-corrected chi connectivity index (χ1v) is 6.28. The minimum Gasteiger partial charge on any atom is -0.0958 e. The molecule has 84 valence electrons. The zero-order valence-electron chi connectivity index (χ0n) is 10.7. The third-order valence-electron chi connectivity index (χ3n) is 4.33. The van der Waals surface area contributed by atoms with Crippen LogP contribution < -0.4 is 0 Å². The molecule has 0 radical (unpaired) electrons. The summed E-state index contributed by atoms with van der Waals surface area (Å²) in [7, 11) is 0. The lowest BCUT2D eigenvalue weighted by molar-refractivity contribution is 0.237. The minimum absolute atomic E-state index is 0.487. The van der Waals surface area contributed by atoms with E-state index in [0.29, 0.717) is 5.41 Å². The summed E-state index contributed by atoms with van der Waals surface area (Å²) in [6.45, 7) is 13.6. The summed E-state index contributed by atoms with van der Waals surface area (Å²) in [5.74, 6) is 1.76. The molecule has 0 aromatic carbocycles. The Hall–Kier alpha value is -0.520. The second-order valence-corrected chi connectivity index (χ2v) is 6.45. The molecular formula is C15H24. The van der Waals surface area contributed by atoms with Gasteiger partial charge in [-0.05, 0) is 55.4 Å². The lowest BCUT2D eigenvalue weighted by atomic mass is 9.67. The van der Waals surface area contributed by atoms with Crippen LogP contribution in [-0.4, -0.2) is 0 Å². The Bertz CT molecular complexity index is 317. The van der Waals surface area contributed by atoms with Crippen molar-refractivity contribution in [1.82, 2.24) is 0 Å². The van der Waals surface area contributed by atoms with Gasteiger partial charge in [-0.2, -0.15) is 0 Å². The molecule has 0 bridgehead atoms. The fourth-order valence-corrected chi connectivity index (χ4v) is 3.50. The monoisotopic (exact) mass is 204 g/mol. The van der Waals surface area contributed by atoms with Crippen molar-refractivity contribution in [2.45, 2.75) is 53.4 Å². The van der Waals surface area contributed by atoms with E-state index in [-0.39, 0.29) is 0 Å². The molecule has 0 aromatic heterocycles. The lowest BCUT2D eigenvalue weighted by Crippen LogP contribution is -2.26. The van der Waals surface area contributed by atoms with Gasteiger partial charge in [-0.15, -0.1) is 0 Å². The second kappa shape index (κ2) is 3.50. The van der Waals surface area contributed by atoms with Gasteiger partial charge in [0, 0.05) is 0 Å². The predicted octanol–water partition coefficient (Wildman–Crippen LogP) is 4.73. The molecule has 2 atom stereocenters. The molecule has 0 nitrogen and oxygen atoms in total. The topological polar surface area (TPSA) is 0 Å². The van der Waals surface area contributed by atoms with Crippen LogP contribution in [0.15, 0.2) is 23.3 Å². The quantitative estimate of drug-likeness (QED) is 0.579. The Morgan fingerprint density at radius 1 is 1.40 bits per heavy atom. The van der Waals surface area contributed by atoms with Gasteiger partial charge in [0.1, 0.15) is 0 Å². The third kappa shape index (κ3) is 1.91. The molecule has 0 heteroatoms. The maximum absolute atomic E-state index is 4.17. The molecule has 0 heterocycles. The highest BCUT2D eigenvalue weighted by atomic mass is 14.4. The van der Waals surface area contributed by atoms with Crippen LogP contribution in [-0.2, 0) is 0 Å². The maximum atomic E-state index is 4.17. The Labute approximate surface area is 94.5 Å². The van der Waals surface area contributed by atoms with Gasteiger partial charge in [-0.25, -0.2) is 0 Å². The molecule has 0 saturated heterocycles. The summed E-state index contributed by atoms with van der Waals surface area (Å²) in [6, 6.07) is 0. The molecule has 0 aliphatic heterocycles. The van der Waals surface area contributed by atoms with E-state index in [0.717, 1.165) is 11.8 Å². The molecule has 0 amide bonds. The highest BCUT2D eigenvalue weighted by Crippen LogP contribution is 2.52. The Kier molecular flexibility index (Phi) is 2.56. The molecule has 0 N–H and O–H groups in total. The highest BCUT2D eigenvalue weighted by molar-refractivity contribution is 5.38. The van der Waals surface area contributed by atoms with Gasteiger partial charge in [0.15, 0.2) is 0 Å². The lowest BCUT2D eigenvalue weighted by Gasteiger charge is -2.38. The van der Waals surface area contributed by atoms with Crippen LogP contribution in [0.3, 0.4) is 0 Å². The third-order valence-corrected chi connectivity index (χ3v) is 4.33. The van der Waals surface area contributed by atoms with Gasteiger partial charge in [-0.1, -0.05) is 38.5 Å². The SMILES string of the molecule is C=C(C)C1=C2CCC(C)C2CC(C)(C)C1. The second-order valence-electron chi connectivity index (χ2n) is 6.45. The van der Waals surface area contributed by atoms with Crippen LogP contribution in [0, 0.1) is 17.3 Å². The van der Waals surface area contributed by atoms with Gasteiger partial charge in [0.2, 0.25) is 0 Å². The Balaban J connectivity index is 2.40. The molecule has 2 unspecified atom stereocenters. The zero-order chi connectivity index (χ0) is 11.2. The average molecular weight is 204 g/mol. The van der Waals surface area contributed by atoms with Crippen LogP contribution in [0.2, 0.25) is 0 Å². The fraction of sp³-hybridized carbons (Fsp3) is 0.733. The van der Waals surface area contributed by atoms with Gasteiger partial charge < -0.3 is 0 Å². The molecule has 0 aromatic rings. The van der Waals surface area contributed by atoms with Crippen LogP contribution in [0.5, 0.6) is 0 Å². The van der Waals surface area contributed by atoms with E-state index in [9.17, 15) is 0 Å². The zero-order valence-corrected chi connectivity index (χ0v) is 10.7. The minimum atomic E-state index is 0.487. The molecule has 15 heavy (non-hydrogen) atoms. The molecule has 2 aliphatic rings. The van der Waals surface area contributed by atoms with Gasteiger partial charge in [0.25, 0.3) is 0 Å². The van der Waals surface area contributed by atoms with Crippen LogP contribution in [0.25, 0.3) is 0 Å². The largest absolute Gasteiger partial charge is 0.0958 e. The Morgan fingerprint density at radius 3 is 2.67 bits per heavy atom. The van der Waals surface area contributed by atoms with Crippen molar-refractivity contribution in [3.8, 4) is 0 Å². The summed E-state index contributed by atoms with van der Waals surface area (Å²) < 4.78 is 0. The van der Waals surface area contributed by atoms with Crippen molar-refractivity contribution >= 4 is 0 Å². The molecule has 1 fully saturated rings. The average Bonchev–Trinajstić information content (AvgIpc) is 2.45. The summed E-state index contributed by atoms with van der Waals surface area (Å²) in [4.78, 5) is 0. The summed E-state index contributed by atoms with van der Waals surface area (Å²) >= 11 is 0. The Morgan fingerprint density at radius 2 is 2.07 bits per heavy atom. The van der Waals surface area contributed by atoms with E-state index in [2.05, 4.69) is 34.3 Å². The van der Waals surface area contributed by atoms with Gasteiger partial charge in [-0.3, -0.25) is 0 Å². The first kappa shape index (κ1) is 11.0. The molecule has 1 saturated carbocycles. The van der Waals surface area contributed by atoms with Crippen molar-refractivity contribution < 1.29 is 0 Å². The smallest absolute Gasteiger partial charge is 0.0166 e. The summed E-state index contributed by atoms with van der Waals surface area (Å²) in [6.07, 6.45) is 5.37. The molecule has 2 rings (SSSR count). The van der Waals surface area contributed by atoms with Gasteiger partial charge in [0.05, 0.1) is 0 Å². The van der Waals surface area contributed by atoms with Crippen molar-refractivity contribution in [1.29, 1.82) is 0 Å². The van der Waals surface area contributed by atoms with E-state index >= 15 is 0 Å². The van der Waals surface area contributed by atoms with Crippen molar-refractivity contribution in [3.05, 3.63) is 23.3 Å². The van der Waals surface area contributed by atoms with Crippen molar-refractivity contribution in [2.75, 3.05) is 0 Å². The van der Waals surface area contributed by atoms with Crippen molar-refractivity contribution in [2.24, 2.45) is 17.3 Å². The standard InChI is InChI=1S/C15H24/c1-10(2)13-8-15(4,5)9-14-11(3)6-7-12(13)14/h11,14H,1,6-9H2,2-5H3. The number of hydrogen-bond acceptors (Lipinski definition) is 0. The van der Waals surface area contributed by atoms with E-state index in [1.165, 1.54) is 31.3 Å². The van der Waals surface area contributed by atoms with Crippen molar-refractivity contribution in [3.63, 3.8) is 0 Å². The normalized spacial score (nSPS) is 34.1. The number of allylic oxidation sites excluding steroid dienone is 3. The first-order chi connectivity index (χ1) is 6.91. The maximum Gasteiger partial charge on any atom is -0.0166 e. The van der Waals surface area contributed by atoms with Crippen LogP contribution in [0.4, 0.5) is 0 Å². The van der Waals surface area contributed by atoms with Crippen LogP contribution in [0.1, 0.15) is 53.4 Å².